The summed E-state index contributed by atoms with van der Waals surface area (Å²) in [6.07, 6.45) is 0. The summed E-state index contributed by atoms with van der Waals surface area (Å²) in [6, 6.07) is 20.9. The van der Waals surface area contributed by atoms with Gasteiger partial charge in [-0.2, -0.15) is 0 Å². The van der Waals surface area contributed by atoms with E-state index in [0.29, 0.717) is 0 Å². The number of hydrogen-bond acceptors (Lipinski definition) is 0. The third kappa shape index (κ3) is 4.66. The fourth-order valence-electron chi connectivity index (χ4n) is 3.07. The van der Waals surface area contributed by atoms with Gasteiger partial charge in [-0.3, -0.25) is 0 Å². The average molecular weight is 467 g/mol. The first kappa shape index (κ1) is 20.0. The molecule has 0 atom stereocenters. The molecule has 0 unspecified atom stereocenters. The van der Waals surface area contributed by atoms with Gasteiger partial charge in [0, 0.05) is 22.0 Å². The minimum atomic E-state index is 0. The van der Waals surface area contributed by atoms with Crippen LogP contribution < -0.4 is 24.0 Å². The van der Waals surface area contributed by atoms with Crippen LogP contribution in [0.2, 0.25) is 5.02 Å². The molecule has 0 saturated carbocycles. The van der Waals surface area contributed by atoms with Crippen LogP contribution in [0.4, 0.5) is 0 Å². The summed E-state index contributed by atoms with van der Waals surface area (Å²) >= 11 is 6.08. The van der Waals surface area contributed by atoms with Gasteiger partial charge in [0.15, 0.2) is 0 Å². The maximum atomic E-state index is 6.08. The molecule has 0 bridgehead atoms. The molecule has 0 aliphatic rings. The molecule has 1 heterocycles. The number of halogens is 2. The van der Waals surface area contributed by atoms with Crippen molar-refractivity contribution in [1.82, 2.24) is 4.57 Å². The summed E-state index contributed by atoms with van der Waals surface area (Å²) in [7, 11) is 6.67. The summed E-state index contributed by atoms with van der Waals surface area (Å²) in [6.45, 7) is 3.19. The van der Waals surface area contributed by atoms with Gasteiger partial charge >= 0.3 is 0 Å². The van der Waals surface area contributed by atoms with Gasteiger partial charge < -0.3 is 33.0 Å². The zero-order chi connectivity index (χ0) is 17.3. The maximum absolute atomic E-state index is 6.08. The van der Waals surface area contributed by atoms with E-state index in [0.717, 1.165) is 21.7 Å². The van der Waals surface area contributed by atoms with Crippen molar-refractivity contribution < 1.29 is 28.5 Å². The molecule has 0 N–H and O–H groups in total. The molecule has 0 radical (unpaired) electrons. The van der Waals surface area contributed by atoms with Gasteiger partial charge in [0.25, 0.3) is 0 Å². The standard InChI is InChI=1S/C21H24ClN2.HI/c1-16-18(15-24(2,3)4)14-21(17-8-6-5-7-9-17)23(16)20-12-10-19(22)11-13-20;/h5-14H,15H2,1-4H3;1H/q+1;/p-1. The molecule has 0 saturated heterocycles. The smallest absolute Gasteiger partial charge is 0.106 e. The molecular weight excluding hydrogens is 443 g/mol. The van der Waals surface area contributed by atoms with Crippen molar-refractivity contribution in [2.24, 2.45) is 0 Å². The third-order valence-corrected chi connectivity index (χ3v) is 4.40. The van der Waals surface area contributed by atoms with Crippen molar-refractivity contribution >= 4 is 11.6 Å². The second kappa shape index (κ2) is 7.94. The Morgan fingerprint density at radius 3 is 2.08 bits per heavy atom. The molecule has 1 aromatic heterocycles. The van der Waals surface area contributed by atoms with E-state index in [1.54, 1.807) is 0 Å². The predicted octanol–water partition coefficient (Wildman–Crippen LogP) is 2.32. The maximum Gasteiger partial charge on any atom is 0.106 e. The first-order valence-electron chi connectivity index (χ1n) is 8.18. The second-order valence-electron chi connectivity index (χ2n) is 7.27. The van der Waals surface area contributed by atoms with Gasteiger partial charge in [0.05, 0.1) is 26.8 Å². The minimum Gasteiger partial charge on any atom is -1.00 e. The van der Waals surface area contributed by atoms with E-state index in [4.69, 9.17) is 11.6 Å². The van der Waals surface area contributed by atoms with E-state index in [1.807, 2.05) is 12.1 Å². The molecule has 0 spiro atoms. The Kier molecular flexibility index (Phi) is 6.35. The minimum absolute atomic E-state index is 0. The summed E-state index contributed by atoms with van der Waals surface area (Å²) < 4.78 is 3.23. The Bertz CT molecular complexity index is 831. The Morgan fingerprint density at radius 1 is 0.920 bits per heavy atom. The van der Waals surface area contributed by atoms with E-state index in [2.05, 4.69) is 81.2 Å². The molecule has 0 aliphatic carbocycles. The molecule has 4 heteroatoms. The van der Waals surface area contributed by atoms with Crippen molar-refractivity contribution in [3.05, 3.63) is 76.9 Å². The van der Waals surface area contributed by atoms with Gasteiger partial charge in [-0.25, -0.2) is 0 Å². The molecule has 25 heavy (non-hydrogen) atoms. The lowest BCUT2D eigenvalue weighted by Gasteiger charge is -2.23. The lowest BCUT2D eigenvalue weighted by Crippen LogP contribution is -3.00. The number of rotatable bonds is 4. The van der Waals surface area contributed by atoms with Crippen LogP contribution in [-0.2, 0) is 6.54 Å². The highest BCUT2D eigenvalue weighted by atomic mass is 127. The number of nitrogens with zero attached hydrogens (tertiary/aromatic N) is 2. The van der Waals surface area contributed by atoms with Gasteiger partial charge in [-0.15, -0.1) is 0 Å². The van der Waals surface area contributed by atoms with E-state index >= 15 is 0 Å². The van der Waals surface area contributed by atoms with Gasteiger partial charge in [0.2, 0.25) is 0 Å². The lowest BCUT2D eigenvalue weighted by atomic mass is 10.1. The van der Waals surface area contributed by atoms with Crippen LogP contribution in [0.15, 0.2) is 60.7 Å². The van der Waals surface area contributed by atoms with Crippen molar-refractivity contribution in [1.29, 1.82) is 0 Å². The summed E-state index contributed by atoms with van der Waals surface area (Å²) in [5.41, 5.74) is 6.24. The fourth-order valence-corrected chi connectivity index (χ4v) is 3.20. The van der Waals surface area contributed by atoms with Crippen LogP contribution in [0, 0.1) is 6.92 Å². The highest BCUT2D eigenvalue weighted by molar-refractivity contribution is 6.30. The Labute approximate surface area is 172 Å². The summed E-state index contributed by atoms with van der Waals surface area (Å²) in [5, 5.41) is 0.761. The topological polar surface area (TPSA) is 4.93 Å². The molecule has 2 nitrogen and oxygen atoms in total. The number of quaternary nitrogens is 1. The second-order valence-corrected chi connectivity index (χ2v) is 7.70. The van der Waals surface area contributed by atoms with Crippen LogP contribution in [0.25, 0.3) is 16.9 Å². The van der Waals surface area contributed by atoms with E-state index in [1.165, 1.54) is 22.5 Å². The van der Waals surface area contributed by atoms with Gasteiger partial charge in [-0.05, 0) is 42.8 Å². The molecule has 0 aliphatic heterocycles. The highest BCUT2D eigenvalue weighted by Crippen LogP contribution is 2.31. The van der Waals surface area contributed by atoms with Crippen molar-refractivity contribution in [3.8, 4) is 16.9 Å². The molecule has 3 rings (SSSR count). The third-order valence-electron chi connectivity index (χ3n) is 4.15. The van der Waals surface area contributed by atoms with Crippen molar-refractivity contribution in [2.45, 2.75) is 13.5 Å². The molecule has 2 aromatic carbocycles. The first-order chi connectivity index (χ1) is 11.3. The number of hydrogen-bond donors (Lipinski definition) is 0. The van der Waals surface area contributed by atoms with E-state index < -0.39 is 0 Å². The fraction of sp³-hybridized carbons (Fsp3) is 0.238. The van der Waals surface area contributed by atoms with Crippen LogP contribution >= 0.6 is 11.6 Å². The van der Waals surface area contributed by atoms with E-state index in [9.17, 15) is 0 Å². The predicted molar refractivity (Wildman–Crippen MR) is 103 cm³/mol. The molecule has 132 valence electrons. The zero-order valence-corrected chi connectivity index (χ0v) is 18.0. The number of aromatic nitrogens is 1. The lowest BCUT2D eigenvalue weighted by molar-refractivity contribution is -0.884. The zero-order valence-electron chi connectivity index (χ0n) is 15.1. The Hall–Kier alpha value is -1.30. The first-order valence-corrected chi connectivity index (χ1v) is 8.56. The average Bonchev–Trinajstić information content (AvgIpc) is 2.84. The molecule has 0 fully saturated rings. The monoisotopic (exact) mass is 466 g/mol. The van der Waals surface area contributed by atoms with Crippen molar-refractivity contribution in [2.75, 3.05) is 21.1 Å². The van der Waals surface area contributed by atoms with Crippen molar-refractivity contribution in [3.63, 3.8) is 0 Å². The quantitative estimate of drug-likeness (QED) is 0.411. The van der Waals surface area contributed by atoms with Crippen LogP contribution in [0.1, 0.15) is 11.3 Å². The van der Waals surface area contributed by atoms with Crippen LogP contribution in [0.3, 0.4) is 0 Å². The van der Waals surface area contributed by atoms with Crippen LogP contribution in [0.5, 0.6) is 0 Å². The summed E-state index contributed by atoms with van der Waals surface area (Å²) in [5.74, 6) is 0. The number of benzene rings is 2. The van der Waals surface area contributed by atoms with Gasteiger partial charge in [0.1, 0.15) is 6.54 Å². The Morgan fingerprint density at radius 2 is 1.52 bits per heavy atom. The Balaban J connectivity index is 0.00000225. The summed E-state index contributed by atoms with van der Waals surface area (Å²) in [4.78, 5) is 0. The van der Waals surface area contributed by atoms with E-state index in [-0.39, 0.29) is 24.0 Å². The highest BCUT2D eigenvalue weighted by Gasteiger charge is 2.19. The molecule has 0 amide bonds. The normalized spacial score (nSPS) is 11.2. The molecule has 3 aromatic rings. The SMILES string of the molecule is Cc1c(C[N+](C)(C)C)cc(-c2ccccc2)n1-c1ccc(Cl)cc1.[I-]. The molecular formula is C21H24ClIN2. The van der Waals surface area contributed by atoms with Gasteiger partial charge in [-0.1, -0.05) is 41.9 Å². The van der Waals surface area contributed by atoms with Crippen LogP contribution in [-0.4, -0.2) is 30.2 Å². The largest absolute Gasteiger partial charge is 1.00 e.